The van der Waals surface area contributed by atoms with E-state index in [1.165, 1.54) is 101 Å². The van der Waals surface area contributed by atoms with Gasteiger partial charge in [0, 0.05) is 36.1 Å². The Bertz CT molecular complexity index is 743. The summed E-state index contributed by atoms with van der Waals surface area (Å²) in [4.78, 5) is 6.98. The highest BCUT2D eigenvalue weighted by atomic mass is 32.1. The van der Waals surface area contributed by atoms with Crippen LogP contribution in [0.2, 0.25) is 0 Å². The molecule has 4 heteroatoms. The Morgan fingerprint density at radius 3 is 2.21 bits per heavy atom. The third kappa shape index (κ3) is 4.01. The van der Waals surface area contributed by atoms with E-state index >= 15 is 0 Å². The molecular formula is C25H39N3S. The molecule has 0 aliphatic heterocycles. The molecule has 1 aromatic rings. The van der Waals surface area contributed by atoms with Crippen molar-refractivity contribution in [3.63, 3.8) is 0 Å². The Morgan fingerprint density at radius 1 is 0.931 bits per heavy atom. The van der Waals surface area contributed by atoms with E-state index in [1.54, 1.807) is 5.69 Å². The maximum Gasteiger partial charge on any atom is 0.185 e. The molecule has 0 unspecified atom stereocenters. The molecule has 1 heterocycles. The van der Waals surface area contributed by atoms with Crippen molar-refractivity contribution >= 4 is 11.3 Å². The maximum absolute atomic E-state index is 5.60. The van der Waals surface area contributed by atoms with Crippen LogP contribution in [-0.4, -0.2) is 22.7 Å². The molecule has 6 aliphatic carbocycles. The highest BCUT2D eigenvalue weighted by Gasteiger charge is 2.51. The molecular weight excluding hydrogens is 374 g/mol. The van der Waals surface area contributed by atoms with E-state index in [9.17, 15) is 0 Å². The lowest BCUT2D eigenvalue weighted by Gasteiger charge is -2.54. The summed E-state index contributed by atoms with van der Waals surface area (Å²) in [5.41, 5.74) is 1.87. The first kappa shape index (κ1) is 19.1. The number of hydrogen-bond donors (Lipinski definition) is 1. The summed E-state index contributed by atoms with van der Waals surface area (Å²) in [5, 5.41) is 6.34. The first-order valence-corrected chi connectivity index (χ1v) is 13.6. The lowest BCUT2D eigenvalue weighted by Crippen LogP contribution is -2.50. The van der Waals surface area contributed by atoms with Gasteiger partial charge in [-0.2, -0.15) is 0 Å². The highest BCUT2D eigenvalue weighted by molar-refractivity contribution is 7.07. The van der Waals surface area contributed by atoms with Crippen LogP contribution < -0.4 is 10.1 Å². The average Bonchev–Trinajstić information content (AvgIpc) is 3.48. The van der Waals surface area contributed by atoms with Gasteiger partial charge in [-0.1, -0.05) is 25.7 Å². The fourth-order valence-electron chi connectivity index (χ4n) is 7.63. The van der Waals surface area contributed by atoms with Crippen LogP contribution in [0.5, 0.6) is 0 Å². The van der Waals surface area contributed by atoms with Gasteiger partial charge < -0.3 is 9.88 Å². The van der Waals surface area contributed by atoms with Crippen LogP contribution in [0.1, 0.15) is 102 Å². The molecule has 0 atom stereocenters. The van der Waals surface area contributed by atoms with Crippen LogP contribution in [0.4, 0.5) is 0 Å². The van der Waals surface area contributed by atoms with Crippen molar-refractivity contribution in [1.29, 1.82) is 0 Å². The van der Waals surface area contributed by atoms with Gasteiger partial charge >= 0.3 is 0 Å². The fraction of sp³-hybridized carbons (Fsp3) is 0.880. The molecule has 6 saturated carbocycles. The van der Waals surface area contributed by atoms with Gasteiger partial charge in [-0.3, -0.25) is 4.99 Å². The Hall–Kier alpha value is -0.610. The second-order valence-electron chi connectivity index (χ2n) is 11.3. The average molecular weight is 414 g/mol. The second kappa shape index (κ2) is 7.82. The van der Waals surface area contributed by atoms with Crippen molar-refractivity contribution in [2.45, 2.75) is 114 Å². The molecule has 3 nitrogen and oxygen atoms in total. The van der Waals surface area contributed by atoms with Crippen molar-refractivity contribution < 1.29 is 0 Å². The van der Waals surface area contributed by atoms with Gasteiger partial charge in [-0.05, 0) is 82.0 Å². The van der Waals surface area contributed by atoms with E-state index in [-0.39, 0.29) is 0 Å². The monoisotopic (exact) mass is 413 g/mol. The predicted octanol–water partition coefficient (Wildman–Crippen LogP) is 5.61. The quantitative estimate of drug-likeness (QED) is 0.604. The molecule has 0 aromatic carbocycles. The van der Waals surface area contributed by atoms with Gasteiger partial charge in [-0.15, -0.1) is 11.3 Å². The summed E-state index contributed by atoms with van der Waals surface area (Å²) in [7, 11) is 0. The van der Waals surface area contributed by atoms with E-state index in [1.807, 2.05) is 11.3 Å². The predicted molar refractivity (Wildman–Crippen MR) is 120 cm³/mol. The van der Waals surface area contributed by atoms with Crippen LogP contribution in [0, 0.1) is 17.8 Å². The van der Waals surface area contributed by atoms with Gasteiger partial charge in [0.25, 0.3) is 0 Å². The van der Waals surface area contributed by atoms with E-state index in [4.69, 9.17) is 4.99 Å². The Balaban J connectivity index is 1.19. The van der Waals surface area contributed by atoms with Crippen LogP contribution >= 0.6 is 11.3 Å². The van der Waals surface area contributed by atoms with Crippen molar-refractivity contribution in [1.82, 2.24) is 9.88 Å². The molecule has 7 rings (SSSR count). The minimum Gasteiger partial charge on any atom is -0.318 e. The van der Waals surface area contributed by atoms with E-state index in [2.05, 4.69) is 15.3 Å². The minimum absolute atomic E-state index is 0.312. The summed E-state index contributed by atoms with van der Waals surface area (Å²) < 4.78 is 2.68. The zero-order valence-electron chi connectivity index (χ0n) is 18.1. The second-order valence-corrected chi connectivity index (χ2v) is 12.1. The molecule has 6 fully saturated rings. The lowest BCUT2D eigenvalue weighted by atomic mass is 9.53. The summed E-state index contributed by atoms with van der Waals surface area (Å²) in [6.07, 6.45) is 21.1. The molecule has 0 amide bonds. The third-order valence-electron chi connectivity index (χ3n) is 8.74. The van der Waals surface area contributed by atoms with Gasteiger partial charge in [0.05, 0.1) is 5.54 Å². The van der Waals surface area contributed by atoms with Crippen LogP contribution in [0.3, 0.4) is 0 Å². The van der Waals surface area contributed by atoms with E-state index in [0.717, 1.165) is 36.4 Å². The topological polar surface area (TPSA) is 29.3 Å². The van der Waals surface area contributed by atoms with Gasteiger partial charge in [0.15, 0.2) is 4.80 Å². The number of rotatable bonds is 6. The Kier molecular flexibility index (Phi) is 5.15. The minimum atomic E-state index is 0.312. The number of nitrogens with zero attached hydrogens (tertiary/aromatic N) is 2. The molecule has 1 N–H and O–H groups in total. The zero-order chi connectivity index (χ0) is 19.3. The summed E-state index contributed by atoms with van der Waals surface area (Å²) >= 11 is 1.95. The molecule has 160 valence electrons. The van der Waals surface area contributed by atoms with Gasteiger partial charge in [0.1, 0.15) is 0 Å². The van der Waals surface area contributed by atoms with Gasteiger partial charge in [0.2, 0.25) is 0 Å². The molecule has 4 bridgehead atoms. The number of thiazole rings is 1. The molecule has 1 aromatic heterocycles. The first-order valence-electron chi connectivity index (χ1n) is 12.7. The molecule has 0 spiro atoms. The normalized spacial score (nSPS) is 37.9. The largest absolute Gasteiger partial charge is 0.318 e. The SMILES string of the molecule is c1sc(=NC23CC4CC(CC(C4)C2)C3)n(C2CC2)c1CCNC1CCCCCC1. The molecule has 29 heavy (non-hydrogen) atoms. The van der Waals surface area contributed by atoms with Gasteiger partial charge in [-0.25, -0.2) is 0 Å². The highest BCUT2D eigenvalue weighted by Crippen LogP contribution is 2.57. The number of nitrogens with one attached hydrogen (secondary N) is 1. The van der Waals surface area contributed by atoms with Crippen molar-refractivity contribution in [3.05, 3.63) is 15.9 Å². The van der Waals surface area contributed by atoms with Crippen LogP contribution in [0.15, 0.2) is 10.4 Å². The Labute approximate surface area is 180 Å². The van der Waals surface area contributed by atoms with Crippen LogP contribution in [0.25, 0.3) is 0 Å². The Morgan fingerprint density at radius 2 is 1.59 bits per heavy atom. The third-order valence-corrected chi connectivity index (χ3v) is 9.62. The fourth-order valence-corrected chi connectivity index (χ4v) is 8.73. The maximum atomic E-state index is 5.60. The van der Waals surface area contributed by atoms with Crippen molar-refractivity contribution in [3.8, 4) is 0 Å². The zero-order valence-corrected chi connectivity index (χ0v) is 18.9. The van der Waals surface area contributed by atoms with Crippen molar-refractivity contribution in [2.75, 3.05) is 6.54 Å². The summed E-state index contributed by atoms with van der Waals surface area (Å²) in [6.45, 7) is 1.14. The first-order chi connectivity index (χ1) is 14.3. The summed E-state index contributed by atoms with van der Waals surface area (Å²) in [5.74, 6) is 2.97. The van der Waals surface area contributed by atoms with Crippen molar-refractivity contribution in [2.24, 2.45) is 22.7 Å². The molecule has 6 aliphatic rings. The van der Waals surface area contributed by atoms with Crippen LogP contribution in [-0.2, 0) is 6.42 Å². The smallest absolute Gasteiger partial charge is 0.185 e. The molecule has 0 saturated heterocycles. The van der Waals surface area contributed by atoms with E-state index in [0.29, 0.717) is 5.54 Å². The number of hydrogen-bond acceptors (Lipinski definition) is 3. The number of aromatic nitrogens is 1. The summed E-state index contributed by atoms with van der Waals surface area (Å²) in [6, 6.07) is 1.52. The standard InChI is InChI=1S/C25H39N3S/c1-2-4-6-21(5-3-1)26-10-9-23-17-29-24(28(23)22-7-8-22)27-25-14-18-11-19(15-25)13-20(12-18)16-25/h17-22,26H,1-16H2. The molecule has 0 radical (unpaired) electrons. The van der Waals surface area contributed by atoms with E-state index < -0.39 is 0 Å². The lowest BCUT2D eigenvalue weighted by molar-refractivity contribution is -0.000408.